The molecule has 0 saturated carbocycles. The molecule has 17 heavy (non-hydrogen) atoms. The van der Waals surface area contributed by atoms with Gasteiger partial charge in [-0.15, -0.1) is 0 Å². The van der Waals surface area contributed by atoms with Crippen LogP contribution in [0, 0.1) is 46.7 Å². The summed E-state index contributed by atoms with van der Waals surface area (Å²) in [6.45, 7) is 1.53. The van der Waals surface area contributed by atoms with E-state index in [0.717, 1.165) is 0 Å². The Kier molecular flexibility index (Phi) is 3.81. The lowest BCUT2D eigenvalue weighted by atomic mass is 10.1. The van der Waals surface area contributed by atoms with Gasteiger partial charge in [0.1, 0.15) is 29.7 Å². The SMILES string of the molecule is Cc1c(F)cccc1NC(C#N)=C(C#N)C#N. The van der Waals surface area contributed by atoms with Crippen LogP contribution in [0.3, 0.4) is 0 Å². The van der Waals surface area contributed by atoms with E-state index in [1.165, 1.54) is 19.1 Å². The molecule has 1 N–H and O–H groups in total. The molecule has 0 atom stereocenters. The van der Waals surface area contributed by atoms with Gasteiger partial charge in [0.25, 0.3) is 0 Å². The van der Waals surface area contributed by atoms with Gasteiger partial charge in [-0.25, -0.2) is 4.39 Å². The lowest BCUT2D eigenvalue weighted by molar-refractivity contribution is 0.619. The van der Waals surface area contributed by atoms with E-state index in [9.17, 15) is 4.39 Å². The normalized spacial score (nSPS) is 8.41. The van der Waals surface area contributed by atoms with Crippen LogP contribution in [0.25, 0.3) is 0 Å². The minimum Gasteiger partial charge on any atom is -0.345 e. The first-order valence-corrected chi connectivity index (χ1v) is 4.60. The predicted molar refractivity (Wildman–Crippen MR) is 58.6 cm³/mol. The zero-order valence-corrected chi connectivity index (χ0v) is 8.95. The van der Waals surface area contributed by atoms with Gasteiger partial charge in [-0.3, -0.25) is 0 Å². The van der Waals surface area contributed by atoms with Crippen molar-refractivity contribution in [1.29, 1.82) is 15.8 Å². The molecule has 0 aliphatic heterocycles. The Hall–Kier alpha value is -2.84. The van der Waals surface area contributed by atoms with Gasteiger partial charge < -0.3 is 5.32 Å². The van der Waals surface area contributed by atoms with Gasteiger partial charge in [0.15, 0.2) is 5.57 Å². The van der Waals surface area contributed by atoms with Crippen molar-refractivity contribution in [3.63, 3.8) is 0 Å². The molecule has 5 heteroatoms. The molecule has 0 radical (unpaired) electrons. The maximum atomic E-state index is 13.2. The zero-order chi connectivity index (χ0) is 12.8. The number of allylic oxidation sites excluding steroid dienone is 2. The Labute approximate surface area is 97.8 Å². The Morgan fingerprint density at radius 1 is 1.18 bits per heavy atom. The molecule has 0 bridgehead atoms. The third kappa shape index (κ3) is 2.59. The Morgan fingerprint density at radius 2 is 1.82 bits per heavy atom. The number of nitrogens with one attached hydrogen (secondary N) is 1. The highest BCUT2D eigenvalue weighted by molar-refractivity contribution is 5.61. The van der Waals surface area contributed by atoms with E-state index in [1.807, 2.05) is 0 Å². The summed E-state index contributed by atoms with van der Waals surface area (Å²) in [6, 6.07) is 9.21. The fourth-order valence-electron chi connectivity index (χ4n) is 1.16. The van der Waals surface area contributed by atoms with Crippen LogP contribution in [0.1, 0.15) is 5.56 Å². The number of benzene rings is 1. The highest BCUT2D eigenvalue weighted by Gasteiger charge is 2.09. The van der Waals surface area contributed by atoms with E-state index in [2.05, 4.69) is 5.32 Å². The second-order valence-corrected chi connectivity index (χ2v) is 3.12. The van der Waals surface area contributed by atoms with Crippen LogP contribution in [0.15, 0.2) is 29.5 Å². The number of hydrogen-bond acceptors (Lipinski definition) is 4. The molecule has 4 nitrogen and oxygen atoms in total. The minimum atomic E-state index is -0.428. The molecule has 0 saturated heterocycles. The van der Waals surface area contributed by atoms with Gasteiger partial charge in [-0.1, -0.05) is 6.07 Å². The van der Waals surface area contributed by atoms with Crippen LogP contribution in [0.4, 0.5) is 10.1 Å². The van der Waals surface area contributed by atoms with Crippen molar-refractivity contribution < 1.29 is 4.39 Å². The monoisotopic (exact) mass is 226 g/mol. The van der Waals surface area contributed by atoms with E-state index in [-0.39, 0.29) is 11.3 Å². The van der Waals surface area contributed by atoms with Crippen molar-refractivity contribution in [2.24, 2.45) is 0 Å². The van der Waals surface area contributed by atoms with Crippen LogP contribution in [0.5, 0.6) is 0 Å². The van der Waals surface area contributed by atoms with Crippen molar-refractivity contribution in [1.82, 2.24) is 0 Å². The summed E-state index contributed by atoms with van der Waals surface area (Å²) in [5.74, 6) is -0.428. The quantitative estimate of drug-likeness (QED) is 0.784. The molecule has 0 spiro atoms. The Morgan fingerprint density at radius 3 is 2.35 bits per heavy atom. The third-order valence-corrected chi connectivity index (χ3v) is 2.11. The van der Waals surface area contributed by atoms with E-state index in [1.54, 1.807) is 24.3 Å². The predicted octanol–water partition coefficient (Wildman–Crippen LogP) is 2.37. The Bertz CT molecular complexity index is 580. The van der Waals surface area contributed by atoms with E-state index in [4.69, 9.17) is 15.8 Å². The van der Waals surface area contributed by atoms with Gasteiger partial charge in [0.05, 0.1) is 0 Å². The maximum Gasteiger partial charge on any atom is 0.163 e. The molecular formula is C12H7FN4. The highest BCUT2D eigenvalue weighted by Crippen LogP contribution is 2.19. The summed E-state index contributed by atoms with van der Waals surface area (Å²) in [6.07, 6.45) is 0. The number of halogens is 1. The summed E-state index contributed by atoms with van der Waals surface area (Å²) in [7, 11) is 0. The number of rotatable bonds is 2. The minimum absolute atomic E-state index is 0.191. The first kappa shape index (κ1) is 12.2. The number of nitriles is 3. The van der Waals surface area contributed by atoms with Crippen molar-refractivity contribution in [3.05, 3.63) is 40.8 Å². The smallest absolute Gasteiger partial charge is 0.163 e. The van der Waals surface area contributed by atoms with Gasteiger partial charge in [0, 0.05) is 11.3 Å². The zero-order valence-electron chi connectivity index (χ0n) is 8.95. The van der Waals surface area contributed by atoms with E-state index in [0.29, 0.717) is 11.3 Å². The van der Waals surface area contributed by atoms with Gasteiger partial charge in [0.2, 0.25) is 0 Å². The average Bonchev–Trinajstić information content (AvgIpc) is 2.34. The molecule has 1 aromatic carbocycles. The highest BCUT2D eigenvalue weighted by atomic mass is 19.1. The second-order valence-electron chi connectivity index (χ2n) is 3.12. The number of nitrogens with zero attached hydrogens (tertiary/aromatic N) is 3. The van der Waals surface area contributed by atoms with Gasteiger partial charge >= 0.3 is 0 Å². The fourth-order valence-corrected chi connectivity index (χ4v) is 1.16. The van der Waals surface area contributed by atoms with Crippen molar-refractivity contribution >= 4 is 5.69 Å². The van der Waals surface area contributed by atoms with E-state index >= 15 is 0 Å². The topological polar surface area (TPSA) is 83.4 Å². The van der Waals surface area contributed by atoms with E-state index < -0.39 is 5.82 Å². The van der Waals surface area contributed by atoms with Crippen LogP contribution < -0.4 is 5.32 Å². The van der Waals surface area contributed by atoms with Crippen molar-refractivity contribution in [3.8, 4) is 18.2 Å². The summed E-state index contributed by atoms with van der Waals surface area (Å²) < 4.78 is 13.2. The standard InChI is InChI=1S/C12H7FN4/c1-8-10(13)3-2-4-11(8)17-12(7-16)9(5-14)6-15/h2-4,17H,1H3. The summed E-state index contributed by atoms with van der Waals surface area (Å²) in [5, 5.41) is 28.7. The fraction of sp³-hybridized carbons (Fsp3) is 0.0833. The lowest BCUT2D eigenvalue weighted by Gasteiger charge is -2.08. The summed E-state index contributed by atoms with van der Waals surface area (Å²) in [5.41, 5.74) is 0.139. The molecule has 0 amide bonds. The molecule has 0 aromatic heterocycles. The number of anilines is 1. The van der Waals surface area contributed by atoms with Crippen LogP contribution in [-0.2, 0) is 0 Å². The van der Waals surface area contributed by atoms with Crippen molar-refractivity contribution in [2.75, 3.05) is 5.32 Å². The molecular weight excluding hydrogens is 219 g/mol. The first-order valence-electron chi connectivity index (χ1n) is 4.60. The molecule has 1 aromatic rings. The average molecular weight is 226 g/mol. The molecule has 0 fully saturated rings. The van der Waals surface area contributed by atoms with Crippen LogP contribution in [0.2, 0.25) is 0 Å². The largest absolute Gasteiger partial charge is 0.345 e. The molecule has 0 heterocycles. The third-order valence-electron chi connectivity index (χ3n) is 2.11. The molecule has 0 aliphatic carbocycles. The molecule has 1 rings (SSSR count). The second kappa shape index (κ2) is 5.30. The maximum absolute atomic E-state index is 13.2. The molecule has 82 valence electrons. The number of hydrogen-bond donors (Lipinski definition) is 1. The molecule has 0 unspecified atom stereocenters. The van der Waals surface area contributed by atoms with Crippen molar-refractivity contribution in [2.45, 2.75) is 6.92 Å². The van der Waals surface area contributed by atoms with Crippen LogP contribution in [-0.4, -0.2) is 0 Å². The van der Waals surface area contributed by atoms with Gasteiger partial charge in [-0.2, -0.15) is 15.8 Å². The summed E-state index contributed by atoms with van der Waals surface area (Å²) >= 11 is 0. The summed E-state index contributed by atoms with van der Waals surface area (Å²) in [4.78, 5) is 0. The first-order chi connectivity index (χ1) is 8.13. The Balaban J connectivity index is 3.21. The lowest BCUT2D eigenvalue weighted by Crippen LogP contribution is -2.03. The van der Waals surface area contributed by atoms with Gasteiger partial charge in [-0.05, 0) is 19.1 Å². The van der Waals surface area contributed by atoms with Crippen LogP contribution >= 0.6 is 0 Å². The molecule has 0 aliphatic rings.